The monoisotopic (exact) mass is 255 g/mol. The van der Waals surface area contributed by atoms with Crippen LogP contribution in [0.15, 0.2) is 16.6 Å². The maximum atomic E-state index is 9.95. The lowest BCUT2D eigenvalue weighted by Crippen LogP contribution is -2.43. The van der Waals surface area contributed by atoms with Crippen LogP contribution < -0.4 is 5.73 Å². The van der Waals surface area contributed by atoms with Crippen molar-refractivity contribution in [2.45, 2.75) is 31.7 Å². The van der Waals surface area contributed by atoms with E-state index in [2.05, 4.69) is 15.9 Å². The number of hydrogen-bond acceptors (Lipinski definition) is 2. The van der Waals surface area contributed by atoms with Crippen LogP contribution in [-0.2, 0) is 5.54 Å². The SMILES string of the molecule is Cc1ccc(C2(N)CCC2)c(O)c1Br. The Hall–Kier alpha value is -0.540. The lowest BCUT2D eigenvalue weighted by molar-refractivity contribution is 0.245. The third-order valence-electron chi connectivity index (χ3n) is 3.09. The van der Waals surface area contributed by atoms with Crippen molar-refractivity contribution in [1.29, 1.82) is 0 Å². The van der Waals surface area contributed by atoms with Crippen molar-refractivity contribution in [3.05, 3.63) is 27.7 Å². The van der Waals surface area contributed by atoms with E-state index in [4.69, 9.17) is 5.73 Å². The Labute approximate surface area is 92.3 Å². The summed E-state index contributed by atoms with van der Waals surface area (Å²) < 4.78 is 0.770. The summed E-state index contributed by atoms with van der Waals surface area (Å²) >= 11 is 3.37. The molecule has 0 heterocycles. The molecule has 3 N–H and O–H groups in total. The molecule has 0 aromatic heterocycles. The molecule has 1 aromatic rings. The molecule has 0 amide bonds. The second-order valence-electron chi connectivity index (χ2n) is 4.10. The van der Waals surface area contributed by atoms with Crippen LogP contribution in [0, 0.1) is 6.92 Å². The van der Waals surface area contributed by atoms with E-state index in [0.29, 0.717) is 5.75 Å². The lowest BCUT2D eigenvalue weighted by atomic mass is 9.72. The Morgan fingerprint density at radius 1 is 1.43 bits per heavy atom. The van der Waals surface area contributed by atoms with Crippen LogP contribution in [0.4, 0.5) is 0 Å². The average Bonchev–Trinajstić information content (AvgIpc) is 2.11. The first-order valence-corrected chi connectivity index (χ1v) is 5.61. The smallest absolute Gasteiger partial charge is 0.135 e. The first-order valence-electron chi connectivity index (χ1n) is 4.82. The van der Waals surface area contributed by atoms with Crippen molar-refractivity contribution < 1.29 is 5.11 Å². The Morgan fingerprint density at radius 3 is 2.57 bits per heavy atom. The second-order valence-corrected chi connectivity index (χ2v) is 4.90. The number of benzene rings is 1. The van der Waals surface area contributed by atoms with Gasteiger partial charge in [-0.2, -0.15) is 0 Å². The summed E-state index contributed by atoms with van der Waals surface area (Å²) in [6.45, 7) is 1.96. The summed E-state index contributed by atoms with van der Waals surface area (Å²) in [4.78, 5) is 0. The molecule has 1 aromatic carbocycles. The number of hydrogen-bond donors (Lipinski definition) is 2. The van der Waals surface area contributed by atoms with E-state index in [1.54, 1.807) is 0 Å². The zero-order valence-electron chi connectivity index (χ0n) is 8.18. The van der Waals surface area contributed by atoms with E-state index in [-0.39, 0.29) is 5.54 Å². The third-order valence-corrected chi connectivity index (χ3v) is 4.09. The maximum absolute atomic E-state index is 9.95. The van der Waals surface area contributed by atoms with Crippen molar-refractivity contribution in [2.24, 2.45) is 5.73 Å². The van der Waals surface area contributed by atoms with Gasteiger partial charge in [-0.1, -0.05) is 12.1 Å². The van der Waals surface area contributed by atoms with Gasteiger partial charge >= 0.3 is 0 Å². The van der Waals surface area contributed by atoms with Gasteiger partial charge in [-0.15, -0.1) is 0 Å². The second kappa shape index (κ2) is 3.24. The number of aromatic hydroxyl groups is 1. The molecule has 76 valence electrons. The molecule has 1 saturated carbocycles. The quantitative estimate of drug-likeness (QED) is 0.811. The summed E-state index contributed by atoms with van der Waals surface area (Å²) in [7, 11) is 0. The minimum atomic E-state index is -0.291. The molecule has 2 nitrogen and oxygen atoms in total. The van der Waals surface area contributed by atoms with Crippen LogP contribution in [0.5, 0.6) is 5.75 Å². The summed E-state index contributed by atoms with van der Waals surface area (Å²) in [5.41, 5.74) is 7.78. The number of phenols is 1. The van der Waals surface area contributed by atoms with Crippen molar-refractivity contribution in [2.75, 3.05) is 0 Å². The molecule has 1 fully saturated rings. The van der Waals surface area contributed by atoms with Crippen molar-refractivity contribution >= 4 is 15.9 Å². The number of halogens is 1. The molecule has 0 unspecified atom stereocenters. The van der Waals surface area contributed by atoms with Crippen LogP contribution >= 0.6 is 15.9 Å². The molecule has 0 atom stereocenters. The fraction of sp³-hybridized carbons (Fsp3) is 0.455. The van der Waals surface area contributed by atoms with Crippen molar-refractivity contribution in [3.8, 4) is 5.75 Å². The normalized spacial score (nSPS) is 19.1. The molecule has 0 saturated heterocycles. The van der Waals surface area contributed by atoms with Gasteiger partial charge in [0, 0.05) is 11.1 Å². The number of rotatable bonds is 1. The van der Waals surface area contributed by atoms with E-state index in [0.717, 1.165) is 34.9 Å². The predicted octanol–water partition coefficient (Wildman–Crippen LogP) is 2.80. The standard InChI is InChI=1S/C11H14BrNO/c1-7-3-4-8(10(14)9(7)12)11(13)5-2-6-11/h3-4,14H,2,5-6,13H2,1H3. The lowest BCUT2D eigenvalue weighted by Gasteiger charge is -2.39. The van der Waals surface area contributed by atoms with Crippen molar-refractivity contribution in [3.63, 3.8) is 0 Å². The zero-order valence-corrected chi connectivity index (χ0v) is 9.76. The van der Waals surface area contributed by atoms with Gasteiger partial charge in [0.05, 0.1) is 4.47 Å². The maximum Gasteiger partial charge on any atom is 0.135 e. The molecule has 0 bridgehead atoms. The minimum absolute atomic E-state index is 0.291. The van der Waals surface area contributed by atoms with Gasteiger partial charge in [0.15, 0.2) is 0 Å². The molecule has 2 rings (SSSR count). The van der Waals surface area contributed by atoms with Crippen LogP contribution in [0.1, 0.15) is 30.4 Å². The molecule has 1 aliphatic carbocycles. The van der Waals surface area contributed by atoms with E-state index in [9.17, 15) is 5.11 Å². The van der Waals surface area contributed by atoms with Gasteiger partial charge < -0.3 is 10.8 Å². The molecule has 0 aliphatic heterocycles. The Morgan fingerprint density at radius 2 is 2.07 bits per heavy atom. The highest BCUT2D eigenvalue weighted by Crippen LogP contribution is 2.45. The molecular formula is C11H14BrNO. The molecule has 0 spiro atoms. The first-order chi connectivity index (χ1) is 6.54. The van der Waals surface area contributed by atoms with Gasteiger partial charge in [0.25, 0.3) is 0 Å². The molecule has 1 aliphatic rings. The van der Waals surface area contributed by atoms with Gasteiger partial charge in [0.1, 0.15) is 5.75 Å². The molecular weight excluding hydrogens is 242 g/mol. The average molecular weight is 256 g/mol. The van der Waals surface area contributed by atoms with E-state index in [1.165, 1.54) is 0 Å². The topological polar surface area (TPSA) is 46.2 Å². The largest absolute Gasteiger partial charge is 0.506 e. The summed E-state index contributed by atoms with van der Waals surface area (Å²) in [5, 5.41) is 9.95. The number of nitrogens with two attached hydrogens (primary N) is 1. The molecule has 3 heteroatoms. The molecule has 14 heavy (non-hydrogen) atoms. The van der Waals surface area contributed by atoms with Gasteiger partial charge in [-0.3, -0.25) is 0 Å². The summed E-state index contributed by atoms with van der Waals surface area (Å²) in [5.74, 6) is 0.312. The predicted molar refractivity (Wildman–Crippen MR) is 60.3 cm³/mol. The third kappa shape index (κ3) is 1.35. The fourth-order valence-electron chi connectivity index (χ4n) is 1.89. The Balaban J connectivity index is 2.49. The fourth-order valence-corrected chi connectivity index (χ4v) is 2.24. The van der Waals surface area contributed by atoms with Crippen LogP contribution in [0.2, 0.25) is 0 Å². The van der Waals surface area contributed by atoms with Crippen LogP contribution in [0.3, 0.4) is 0 Å². The zero-order chi connectivity index (χ0) is 10.3. The van der Waals surface area contributed by atoms with Gasteiger partial charge in [0.2, 0.25) is 0 Å². The van der Waals surface area contributed by atoms with Gasteiger partial charge in [-0.05, 0) is 47.7 Å². The Kier molecular flexibility index (Phi) is 2.32. The highest BCUT2D eigenvalue weighted by atomic mass is 79.9. The van der Waals surface area contributed by atoms with Gasteiger partial charge in [-0.25, -0.2) is 0 Å². The number of aryl methyl sites for hydroxylation is 1. The van der Waals surface area contributed by atoms with E-state index >= 15 is 0 Å². The van der Waals surface area contributed by atoms with E-state index < -0.39 is 0 Å². The van der Waals surface area contributed by atoms with Crippen LogP contribution in [0.25, 0.3) is 0 Å². The van der Waals surface area contributed by atoms with Crippen molar-refractivity contribution in [1.82, 2.24) is 0 Å². The Bertz CT molecular complexity index is 372. The minimum Gasteiger partial charge on any atom is -0.506 e. The molecule has 0 radical (unpaired) electrons. The summed E-state index contributed by atoms with van der Waals surface area (Å²) in [6.07, 6.45) is 3.09. The summed E-state index contributed by atoms with van der Waals surface area (Å²) in [6, 6.07) is 3.93. The highest BCUT2D eigenvalue weighted by Gasteiger charge is 2.36. The van der Waals surface area contributed by atoms with Crippen LogP contribution in [-0.4, -0.2) is 5.11 Å². The highest BCUT2D eigenvalue weighted by molar-refractivity contribution is 9.10. The van der Waals surface area contributed by atoms with E-state index in [1.807, 2.05) is 19.1 Å². The number of phenolic OH excluding ortho intramolecular Hbond substituents is 1. The first kappa shape index (κ1) is 9.99.